The number of allylic oxidation sites excluding steroid dienone is 2. The molecule has 0 aliphatic heterocycles. The van der Waals surface area contributed by atoms with Crippen LogP contribution in [0.3, 0.4) is 0 Å². The van der Waals surface area contributed by atoms with Gasteiger partial charge in [-0.05, 0) is 51.0 Å². The number of ether oxygens (including phenoxy) is 1. The minimum Gasteiger partial charge on any atom is -0.459 e. The van der Waals surface area contributed by atoms with E-state index in [2.05, 4.69) is 6.92 Å². The predicted octanol–water partition coefficient (Wildman–Crippen LogP) is 2.64. The van der Waals surface area contributed by atoms with Crippen molar-refractivity contribution in [2.75, 3.05) is 0 Å². The van der Waals surface area contributed by atoms with Crippen LogP contribution in [0.1, 0.15) is 53.9 Å². The number of carbonyl (C=O) groups is 2. The lowest BCUT2D eigenvalue weighted by atomic mass is 9.81. The number of hydrogen-bond acceptors (Lipinski definition) is 4. The molecule has 21 heavy (non-hydrogen) atoms. The van der Waals surface area contributed by atoms with Gasteiger partial charge in [-0.2, -0.15) is 0 Å². The van der Waals surface area contributed by atoms with Crippen LogP contribution >= 0.6 is 0 Å². The third-order valence-electron chi connectivity index (χ3n) is 5.26. The fraction of sp³-hybridized carbons (Fsp3) is 0.765. The summed E-state index contributed by atoms with van der Waals surface area (Å²) in [5, 5.41) is 10.6. The third-order valence-corrected chi connectivity index (χ3v) is 5.26. The van der Waals surface area contributed by atoms with Gasteiger partial charge in [0.1, 0.15) is 5.60 Å². The Morgan fingerprint density at radius 2 is 1.95 bits per heavy atom. The molecule has 1 saturated carbocycles. The van der Waals surface area contributed by atoms with E-state index in [4.69, 9.17) is 4.74 Å². The van der Waals surface area contributed by atoms with E-state index in [0.717, 1.165) is 11.1 Å². The minimum atomic E-state index is -0.737. The molecule has 4 unspecified atom stereocenters. The zero-order valence-electron chi connectivity index (χ0n) is 13.6. The van der Waals surface area contributed by atoms with Gasteiger partial charge in [-0.25, -0.2) is 0 Å². The van der Waals surface area contributed by atoms with Gasteiger partial charge >= 0.3 is 5.97 Å². The molecule has 0 spiro atoms. The summed E-state index contributed by atoms with van der Waals surface area (Å²) in [7, 11) is 0. The summed E-state index contributed by atoms with van der Waals surface area (Å²) in [5.74, 6) is 0.223. The molecule has 4 heteroatoms. The van der Waals surface area contributed by atoms with E-state index in [9.17, 15) is 14.7 Å². The normalized spacial score (nSPS) is 33.7. The second kappa shape index (κ2) is 5.56. The van der Waals surface area contributed by atoms with E-state index in [1.165, 1.54) is 6.92 Å². The smallest absolute Gasteiger partial charge is 0.303 e. The molecule has 118 valence electrons. The molecular formula is C17H26O4. The summed E-state index contributed by atoms with van der Waals surface area (Å²) in [6, 6.07) is 0. The largest absolute Gasteiger partial charge is 0.459 e. The Kier molecular flexibility index (Phi) is 4.29. The highest BCUT2D eigenvalue weighted by Crippen LogP contribution is 2.46. The van der Waals surface area contributed by atoms with Crippen LogP contribution in [0.15, 0.2) is 11.1 Å². The molecule has 0 aromatic carbocycles. The number of aliphatic hydroxyl groups excluding tert-OH is 1. The standard InChI is InChI=1S/C17H26O4/c1-9-6-16(20)14(17(4,5)21-11(3)18)7-13-10(2)15(19)8-12(9)13/h9,12,14,16,20H,6-8H2,1-5H3. The molecular weight excluding hydrogens is 268 g/mol. The zero-order chi connectivity index (χ0) is 15.9. The van der Waals surface area contributed by atoms with Gasteiger partial charge in [-0.15, -0.1) is 0 Å². The molecule has 0 heterocycles. The quantitative estimate of drug-likeness (QED) is 0.795. The fourth-order valence-electron chi connectivity index (χ4n) is 4.02. The zero-order valence-corrected chi connectivity index (χ0v) is 13.6. The highest BCUT2D eigenvalue weighted by Gasteiger charge is 2.45. The van der Waals surface area contributed by atoms with Crippen LogP contribution in [0.4, 0.5) is 0 Å². The number of carbonyl (C=O) groups excluding carboxylic acids is 2. The fourth-order valence-corrected chi connectivity index (χ4v) is 4.02. The van der Waals surface area contributed by atoms with E-state index in [1.54, 1.807) is 0 Å². The first-order valence-corrected chi connectivity index (χ1v) is 7.74. The number of Topliss-reactive ketones (excluding diaryl/α,β-unsaturated/α-hetero) is 1. The molecule has 1 N–H and O–H groups in total. The lowest BCUT2D eigenvalue weighted by Gasteiger charge is -2.36. The van der Waals surface area contributed by atoms with Crippen LogP contribution < -0.4 is 0 Å². The highest BCUT2D eigenvalue weighted by atomic mass is 16.6. The van der Waals surface area contributed by atoms with Crippen molar-refractivity contribution in [2.24, 2.45) is 17.8 Å². The Bertz CT molecular complexity index is 489. The molecule has 0 amide bonds. The Labute approximate surface area is 126 Å². The van der Waals surface area contributed by atoms with Crippen molar-refractivity contribution in [2.45, 2.75) is 65.6 Å². The SMILES string of the molecule is CC(=O)OC(C)(C)C1CC2=C(C)C(=O)CC2C(C)CC1O. The van der Waals surface area contributed by atoms with Gasteiger partial charge in [0.05, 0.1) is 6.10 Å². The molecule has 2 rings (SSSR count). The molecule has 2 aliphatic carbocycles. The van der Waals surface area contributed by atoms with Crippen molar-refractivity contribution in [1.82, 2.24) is 0 Å². The van der Waals surface area contributed by atoms with Crippen molar-refractivity contribution < 1.29 is 19.4 Å². The van der Waals surface area contributed by atoms with Gasteiger partial charge in [0.25, 0.3) is 0 Å². The van der Waals surface area contributed by atoms with Crippen LogP contribution in [0.25, 0.3) is 0 Å². The number of fused-ring (bicyclic) bond motifs is 1. The molecule has 0 aromatic rings. The maximum absolute atomic E-state index is 12.0. The van der Waals surface area contributed by atoms with E-state index < -0.39 is 11.7 Å². The lowest BCUT2D eigenvalue weighted by molar-refractivity contribution is -0.163. The van der Waals surface area contributed by atoms with E-state index in [0.29, 0.717) is 19.3 Å². The molecule has 0 saturated heterocycles. The third kappa shape index (κ3) is 3.05. The van der Waals surface area contributed by atoms with Crippen molar-refractivity contribution in [3.8, 4) is 0 Å². The average Bonchev–Trinajstić information content (AvgIpc) is 2.53. The van der Waals surface area contributed by atoms with Crippen molar-refractivity contribution in [3.63, 3.8) is 0 Å². The summed E-state index contributed by atoms with van der Waals surface area (Å²) >= 11 is 0. The maximum Gasteiger partial charge on any atom is 0.303 e. The molecule has 4 nitrogen and oxygen atoms in total. The summed E-state index contributed by atoms with van der Waals surface area (Å²) in [4.78, 5) is 23.3. The van der Waals surface area contributed by atoms with Crippen molar-refractivity contribution >= 4 is 11.8 Å². The van der Waals surface area contributed by atoms with Crippen LogP contribution in [0.5, 0.6) is 0 Å². The maximum atomic E-state index is 12.0. The monoisotopic (exact) mass is 294 g/mol. The molecule has 2 aliphatic rings. The van der Waals surface area contributed by atoms with Crippen LogP contribution in [-0.4, -0.2) is 28.6 Å². The number of aliphatic hydroxyl groups is 1. The van der Waals surface area contributed by atoms with Gasteiger partial charge in [0.2, 0.25) is 0 Å². The van der Waals surface area contributed by atoms with E-state index in [1.807, 2.05) is 20.8 Å². The first-order valence-electron chi connectivity index (χ1n) is 7.74. The van der Waals surface area contributed by atoms with Crippen LogP contribution in [0.2, 0.25) is 0 Å². The van der Waals surface area contributed by atoms with Crippen molar-refractivity contribution in [3.05, 3.63) is 11.1 Å². The summed E-state index contributed by atoms with van der Waals surface area (Å²) in [5.41, 5.74) is 1.28. The number of hydrogen-bond donors (Lipinski definition) is 1. The molecule has 0 radical (unpaired) electrons. The second-order valence-corrected chi connectivity index (χ2v) is 7.17. The molecule has 4 atom stereocenters. The molecule has 0 bridgehead atoms. The van der Waals surface area contributed by atoms with Crippen molar-refractivity contribution in [1.29, 1.82) is 0 Å². The number of esters is 1. The summed E-state index contributed by atoms with van der Waals surface area (Å²) < 4.78 is 5.44. The second-order valence-electron chi connectivity index (χ2n) is 7.17. The average molecular weight is 294 g/mol. The number of ketones is 1. The highest BCUT2D eigenvalue weighted by molar-refractivity contribution is 5.98. The Morgan fingerprint density at radius 3 is 2.52 bits per heavy atom. The minimum absolute atomic E-state index is 0.176. The Balaban J connectivity index is 2.35. The van der Waals surface area contributed by atoms with Gasteiger partial charge in [-0.3, -0.25) is 9.59 Å². The summed E-state index contributed by atoms with van der Waals surface area (Å²) in [6.07, 6.45) is 1.32. The van der Waals surface area contributed by atoms with E-state index in [-0.39, 0.29) is 29.5 Å². The van der Waals surface area contributed by atoms with Gasteiger partial charge < -0.3 is 9.84 Å². The van der Waals surface area contributed by atoms with Gasteiger partial charge in [0.15, 0.2) is 5.78 Å². The molecule has 0 aromatic heterocycles. The van der Waals surface area contributed by atoms with Crippen LogP contribution in [0, 0.1) is 17.8 Å². The summed E-state index contributed by atoms with van der Waals surface area (Å²) in [6.45, 7) is 9.07. The first kappa shape index (κ1) is 16.2. The first-order chi connectivity index (χ1) is 9.63. The molecule has 1 fully saturated rings. The van der Waals surface area contributed by atoms with Crippen LogP contribution in [-0.2, 0) is 14.3 Å². The number of rotatable bonds is 2. The van der Waals surface area contributed by atoms with Gasteiger partial charge in [0, 0.05) is 19.3 Å². The topological polar surface area (TPSA) is 63.6 Å². The Morgan fingerprint density at radius 1 is 1.33 bits per heavy atom. The van der Waals surface area contributed by atoms with E-state index >= 15 is 0 Å². The van der Waals surface area contributed by atoms with Gasteiger partial charge in [-0.1, -0.05) is 12.5 Å². The predicted molar refractivity (Wildman–Crippen MR) is 79.6 cm³/mol. The lowest BCUT2D eigenvalue weighted by Crippen LogP contribution is -2.42. The Hall–Kier alpha value is -1.16.